The Kier molecular flexibility index (Phi) is 6.63. The molecule has 1 atom stereocenters. The fraction of sp³-hybridized carbons (Fsp3) is 0.316. The Labute approximate surface area is 143 Å². The van der Waals surface area contributed by atoms with Gasteiger partial charge in [0, 0.05) is 18.7 Å². The van der Waals surface area contributed by atoms with E-state index in [1.165, 1.54) is 0 Å². The van der Waals surface area contributed by atoms with Gasteiger partial charge < -0.3 is 20.3 Å². The molecule has 0 aliphatic heterocycles. The molecule has 24 heavy (non-hydrogen) atoms. The lowest BCUT2D eigenvalue weighted by Gasteiger charge is -2.26. The zero-order valence-electron chi connectivity index (χ0n) is 14.5. The summed E-state index contributed by atoms with van der Waals surface area (Å²) in [5, 5.41) is 5.81. The average Bonchev–Trinajstić information content (AvgIpc) is 2.61. The molecule has 0 bridgehead atoms. The summed E-state index contributed by atoms with van der Waals surface area (Å²) in [6.45, 7) is 1.00. The molecule has 2 N–H and O–H groups in total. The molecular weight excluding hydrogens is 302 g/mol. The van der Waals surface area contributed by atoms with Crippen LogP contribution in [0.5, 0.6) is 5.75 Å². The first kappa shape index (κ1) is 17.8. The van der Waals surface area contributed by atoms with Crippen LogP contribution in [0.25, 0.3) is 0 Å². The Morgan fingerprint density at radius 1 is 1.04 bits per heavy atom. The van der Waals surface area contributed by atoms with Crippen LogP contribution in [0, 0.1) is 0 Å². The van der Waals surface area contributed by atoms with Crippen LogP contribution in [0.4, 0.5) is 4.79 Å². The standard InChI is InChI=1S/C19H25N3O2/c1-22(2)17(16-11-7-8-12-18(16)24-3)14-21-19(23)20-13-15-9-5-4-6-10-15/h4-12,17H,13-14H2,1-3H3,(H2,20,21,23). The van der Waals surface area contributed by atoms with Gasteiger partial charge in [-0.2, -0.15) is 0 Å². The molecule has 0 saturated heterocycles. The molecule has 128 valence electrons. The quantitative estimate of drug-likeness (QED) is 0.822. The van der Waals surface area contributed by atoms with Crippen molar-refractivity contribution in [3.63, 3.8) is 0 Å². The Morgan fingerprint density at radius 2 is 1.71 bits per heavy atom. The number of likely N-dealkylation sites (N-methyl/N-ethyl adjacent to an activating group) is 1. The molecule has 2 amide bonds. The van der Waals surface area contributed by atoms with Crippen molar-refractivity contribution in [2.24, 2.45) is 0 Å². The SMILES string of the molecule is COc1ccccc1C(CNC(=O)NCc1ccccc1)N(C)C. The number of carbonyl (C=O) groups is 1. The second-order valence-corrected chi connectivity index (χ2v) is 5.77. The average molecular weight is 327 g/mol. The molecule has 0 aliphatic rings. The molecule has 0 radical (unpaired) electrons. The number of urea groups is 1. The number of carbonyl (C=O) groups excluding carboxylic acids is 1. The van der Waals surface area contributed by atoms with E-state index in [0.29, 0.717) is 13.1 Å². The van der Waals surface area contributed by atoms with E-state index in [4.69, 9.17) is 4.74 Å². The van der Waals surface area contributed by atoms with E-state index in [0.717, 1.165) is 16.9 Å². The van der Waals surface area contributed by atoms with Gasteiger partial charge in [0.15, 0.2) is 0 Å². The summed E-state index contributed by atoms with van der Waals surface area (Å²) in [5.41, 5.74) is 2.12. The highest BCUT2D eigenvalue weighted by Gasteiger charge is 2.18. The summed E-state index contributed by atoms with van der Waals surface area (Å²) in [4.78, 5) is 14.1. The van der Waals surface area contributed by atoms with Crippen molar-refractivity contribution < 1.29 is 9.53 Å². The normalized spacial score (nSPS) is 11.8. The summed E-state index contributed by atoms with van der Waals surface area (Å²) in [5.74, 6) is 0.822. The molecule has 0 aromatic heterocycles. The van der Waals surface area contributed by atoms with Gasteiger partial charge in [0.2, 0.25) is 0 Å². The molecule has 0 aliphatic carbocycles. The summed E-state index contributed by atoms with van der Waals surface area (Å²) >= 11 is 0. The third-order valence-electron chi connectivity index (χ3n) is 3.87. The minimum Gasteiger partial charge on any atom is -0.496 e. The number of methoxy groups -OCH3 is 1. The van der Waals surface area contributed by atoms with Crippen LogP contribution >= 0.6 is 0 Å². The van der Waals surface area contributed by atoms with E-state index in [1.807, 2.05) is 68.7 Å². The Balaban J connectivity index is 1.93. The summed E-state index contributed by atoms with van der Waals surface area (Å²) in [6.07, 6.45) is 0. The van der Waals surface area contributed by atoms with Crippen LogP contribution in [0.15, 0.2) is 54.6 Å². The highest BCUT2D eigenvalue weighted by Crippen LogP contribution is 2.27. The summed E-state index contributed by atoms with van der Waals surface area (Å²) in [6, 6.07) is 17.6. The second kappa shape index (κ2) is 8.93. The van der Waals surface area contributed by atoms with E-state index in [9.17, 15) is 4.79 Å². The number of nitrogens with zero attached hydrogens (tertiary/aromatic N) is 1. The van der Waals surface area contributed by atoms with E-state index >= 15 is 0 Å². The Hall–Kier alpha value is -2.53. The van der Waals surface area contributed by atoms with Gasteiger partial charge in [-0.05, 0) is 25.7 Å². The van der Waals surface area contributed by atoms with Crippen molar-refractivity contribution in [3.8, 4) is 5.75 Å². The molecule has 2 rings (SSSR count). The zero-order valence-corrected chi connectivity index (χ0v) is 14.5. The van der Waals surface area contributed by atoms with Crippen LogP contribution < -0.4 is 15.4 Å². The molecule has 2 aromatic rings. The molecular formula is C19H25N3O2. The number of benzene rings is 2. The lowest BCUT2D eigenvalue weighted by atomic mass is 10.0. The lowest BCUT2D eigenvalue weighted by molar-refractivity contribution is 0.231. The van der Waals surface area contributed by atoms with Crippen LogP contribution in [0.3, 0.4) is 0 Å². The van der Waals surface area contributed by atoms with Crippen LogP contribution in [-0.2, 0) is 6.54 Å². The highest BCUT2D eigenvalue weighted by molar-refractivity contribution is 5.73. The first-order chi connectivity index (χ1) is 11.6. The largest absolute Gasteiger partial charge is 0.496 e. The Morgan fingerprint density at radius 3 is 2.38 bits per heavy atom. The minimum absolute atomic E-state index is 0.0311. The lowest BCUT2D eigenvalue weighted by Crippen LogP contribution is -2.40. The fourth-order valence-corrected chi connectivity index (χ4v) is 2.54. The van der Waals surface area contributed by atoms with Gasteiger partial charge in [0.25, 0.3) is 0 Å². The number of hydrogen-bond acceptors (Lipinski definition) is 3. The van der Waals surface area contributed by atoms with Crippen molar-refractivity contribution in [1.29, 1.82) is 0 Å². The maximum atomic E-state index is 12.1. The number of para-hydroxylation sites is 1. The van der Waals surface area contributed by atoms with Gasteiger partial charge in [0.05, 0.1) is 13.2 Å². The summed E-state index contributed by atoms with van der Waals surface area (Å²) < 4.78 is 5.43. The van der Waals surface area contributed by atoms with Gasteiger partial charge in [-0.3, -0.25) is 0 Å². The van der Waals surface area contributed by atoms with Crippen molar-refractivity contribution in [2.45, 2.75) is 12.6 Å². The van der Waals surface area contributed by atoms with Gasteiger partial charge in [0.1, 0.15) is 5.75 Å². The number of rotatable bonds is 7. The van der Waals surface area contributed by atoms with Gasteiger partial charge in [-0.25, -0.2) is 4.79 Å². The molecule has 0 spiro atoms. The second-order valence-electron chi connectivity index (χ2n) is 5.77. The van der Waals surface area contributed by atoms with E-state index < -0.39 is 0 Å². The van der Waals surface area contributed by atoms with Gasteiger partial charge in [-0.1, -0.05) is 48.5 Å². The highest BCUT2D eigenvalue weighted by atomic mass is 16.5. The van der Waals surface area contributed by atoms with Gasteiger partial charge >= 0.3 is 6.03 Å². The predicted octanol–water partition coefficient (Wildman–Crippen LogP) is 2.80. The fourth-order valence-electron chi connectivity index (χ4n) is 2.54. The van der Waals surface area contributed by atoms with Gasteiger partial charge in [-0.15, -0.1) is 0 Å². The number of hydrogen-bond donors (Lipinski definition) is 2. The van der Waals surface area contributed by atoms with E-state index in [2.05, 4.69) is 15.5 Å². The van der Waals surface area contributed by atoms with Crippen LogP contribution in [0.2, 0.25) is 0 Å². The summed E-state index contributed by atoms with van der Waals surface area (Å²) in [7, 11) is 5.63. The van der Waals surface area contributed by atoms with Crippen molar-refractivity contribution in [1.82, 2.24) is 15.5 Å². The first-order valence-electron chi connectivity index (χ1n) is 7.96. The zero-order chi connectivity index (χ0) is 17.4. The number of amides is 2. The topological polar surface area (TPSA) is 53.6 Å². The van der Waals surface area contributed by atoms with Crippen molar-refractivity contribution in [3.05, 3.63) is 65.7 Å². The molecule has 0 heterocycles. The number of ether oxygens (including phenoxy) is 1. The third kappa shape index (κ3) is 4.99. The predicted molar refractivity (Wildman–Crippen MR) is 96.1 cm³/mol. The molecule has 5 nitrogen and oxygen atoms in total. The van der Waals surface area contributed by atoms with E-state index in [1.54, 1.807) is 7.11 Å². The van der Waals surface area contributed by atoms with E-state index in [-0.39, 0.29) is 12.1 Å². The van der Waals surface area contributed by atoms with Crippen LogP contribution in [-0.4, -0.2) is 38.7 Å². The molecule has 0 fully saturated rings. The molecule has 5 heteroatoms. The first-order valence-corrected chi connectivity index (χ1v) is 7.96. The van der Waals surface area contributed by atoms with Crippen LogP contribution in [0.1, 0.15) is 17.2 Å². The van der Waals surface area contributed by atoms with Crippen molar-refractivity contribution >= 4 is 6.03 Å². The monoisotopic (exact) mass is 327 g/mol. The Bertz CT molecular complexity index is 644. The maximum Gasteiger partial charge on any atom is 0.315 e. The smallest absolute Gasteiger partial charge is 0.315 e. The molecule has 0 saturated carbocycles. The third-order valence-corrected chi connectivity index (χ3v) is 3.87. The number of nitrogens with one attached hydrogen (secondary N) is 2. The van der Waals surface area contributed by atoms with Crippen molar-refractivity contribution in [2.75, 3.05) is 27.7 Å². The minimum atomic E-state index is -0.180. The molecule has 2 aromatic carbocycles. The maximum absolute atomic E-state index is 12.1. The molecule has 1 unspecified atom stereocenters.